The van der Waals surface area contributed by atoms with Gasteiger partial charge in [-0.15, -0.1) is 11.3 Å². The number of halogens is 1. The Bertz CT molecular complexity index is 315. The van der Waals surface area contributed by atoms with Crippen LogP contribution < -0.4 is 5.32 Å². The lowest BCUT2D eigenvalue weighted by Crippen LogP contribution is -2.41. The predicted molar refractivity (Wildman–Crippen MR) is 64.4 cm³/mol. The molecule has 2 rings (SSSR count). The molecule has 0 spiro atoms. The molecule has 0 saturated heterocycles. The summed E-state index contributed by atoms with van der Waals surface area (Å²) >= 11 is 7.51. The second-order valence-electron chi connectivity index (χ2n) is 4.07. The van der Waals surface area contributed by atoms with Crippen LogP contribution in [0, 0.1) is 0 Å². The van der Waals surface area contributed by atoms with Crippen molar-refractivity contribution in [2.45, 2.75) is 44.4 Å². The molecule has 84 valence electrons. The summed E-state index contributed by atoms with van der Waals surface area (Å²) in [5.74, 6) is 0. The van der Waals surface area contributed by atoms with Crippen molar-refractivity contribution in [3.8, 4) is 0 Å². The average molecular weight is 246 g/mol. The fourth-order valence-corrected chi connectivity index (χ4v) is 3.05. The molecule has 1 heterocycles. The minimum Gasteiger partial charge on any atom is -0.392 e. The molecular formula is C11H16ClNOS. The van der Waals surface area contributed by atoms with Crippen molar-refractivity contribution < 1.29 is 5.11 Å². The summed E-state index contributed by atoms with van der Waals surface area (Å²) in [6, 6.07) is 2.24. The highest BCUT2D eigenvalue weighted by Crippen LogP contribution is 2.21. The largest absolute Gasteiger partial charge is 0.392 e. The quantitative estimate of drug-likeness (QED) is 0.859. The summed E-state index contributed by atoms with van der Waals surface area (Å²) in [4.78, 5) is 1.23. The molecule has 0 radical (unpaired) electrons. The third-order valence-electron chi connectivity index (χ3n) is 2.89. The zero-order chi connectivity index (χ0) is 10.7. The standard InChI is InChI=1S/C11H16ClNOS/c12-8-5-9(15-7-8)6-13-10-3-1-2-4-11(10)14/h5,7,10-11,13-14H,1-4,6H2. The van der Waals surface area contributed by atoms with Gasteiger partial charge in [0.15, 0.2) is 0 Å². The van der Waals surface area contributed by atoms with E-state index in [0.29, 0.717) is 0 Å². The van der Waals surface area contributed by atoms with Crippen LogP contribution in [0.5, 0.6) is 0 Å². The SMILES string of the molecule is OC1CCCCC1NCc1cc(Cl)cs1. The number of nitrogens with one attached hydrogen (secondary N) is 1. The fourth-order valence-electron chi connectivity index (χ4n) is 2.03. The lowest BCUT2D eigenvalue weighted by atomic mass is 9.92. The summed E-state index contributed by atoms with van der Waals surface area (Å²) < 4.78 is 0. The number of hydrogen-bond donors (Lipinski definition) is 2. The van der Waals surface area contributed by atoms with Crippen LogP contribution in [-0.2, 0) is 6.54 Å². The molecule has 2 atom stereocenters. The summed E-state index contributed by atoms with van der Waals surface area (Å²) in [5, 5.41) is 15.9. The Morgan fingerprint density at radius 3 is 2.93 bits per heavy atom. The van der Waals surface area contributed by atoms with Crippen LogP contribution in [-0.4, -0.2) is 17.3 Å². The molecule has 2 unspecified atom stereocenters. The van der Waals surface area contributed by atoms with Crippen LogP contribution in [0.25, 0.3) is 0 Å². The first-order valence-electron chi connectivity index (χ1n) is 5.40. The van der Waals surface area contributed by atoms with Gasteiger partial charge in [-0.1, -0.05) is 24.4 Å². The molecule has 4 heteroatoms. The summed E-state index contributed by atoms with van der Waals surface area (Å²) in [6.07, 6.45) is 4.22. The van der Waals surface area contributed by atoms with Crippen molar-refractivity contribution in [1.29, 1.82) is 0 Å². The van der Waals surface area contributed by atoms with E-state index in [1.54, 1.807) is 11.3 Å². The monoisotopic (exact) mass is 245 g/mol. The van der Waals surface area contributed by atoms with Gasteiger partial charge in [-0.3, -0.25) is 0 Å². The fraction of sp³-hybridized carbons (Fsp3) is 0.636. The highest BCUT2D eigenvalue weighted by atomic mass is 35.5. The van der Waals surface area contributed by atoms with E-state index in [2.05, 4.69) is 5.32 Å². The lowest BCUT2D eigenvalue weighted by Gasteiger charge is -2.28. The molecule has 1 aliphatic rings. The van der Waals surface area contributed by atoms with E-state index in [0.717, 1.165) is 30.8 Å². The Morgan fingerprint density at radius 2 is 2.27 bits per heavy atom. The van der Waals surface area contributed by atoms with Gasteiger partial charge in [0.1, 0.15) is 0 Å². The molecule has 2 N–H and O–H groups in total. The van der Waals surface area contributed by atoms with E-state index in [4.69, 9.17) is 11.6 Å². The van der Waals surface area contributed by atoms with Crippen LogP contribution >= 0.6 is 22.9 Å². The average Bonchev–Trinajstić information content (AvgIpc) is 2.63. The Labute approximate surface area is 99.3 Å². The molecule has 0 amide bonds. The molecule has 1 aromatic rings. The van der Waals surface area contributed by atoms with Crippen LogP contribution in [0.15, 0.2) is 11.4 Å². The van der Waals surface area contributed by atoms with E-state index < -0.39 is 0 Å². The van der Waals surface area contributed by atoms with Gasteiger partial charge in [0, 0.05) is 22.8 Å². The number of aliphatic hydroxyl groups is 1. The molecule has 2 nitrogen and oxygen atoms in total. The van der Waals surface area contributed by atoms with Gasteiger partial charge >= 0.3 is 0 Å². The topological polar surface area (TPSA) is 32.3 Å². The molecule has 1 aromatic heterocycles. The first-order chi connectivity index (χ1) is 7.25. The second kappa shape index (κ2) is 5.30. The van der Waals surface area contributed by atoms with Gasteiger partial charge < -0.3 is 10.4 Å². The van der Waals surface area contributed by atoms with E-state index >= 15 is 0 Å². The van der Waals surface area contributed by atoms with Gasteiger partial charge in [0.2, 0.25) is 0 Å². The van der Waals surface area contributed by atoms with Crippen molar-refractivity contribution in [3.63, 3.8) is 0 Å². The maximum absolute atomic E-state index is 9.77. The molecule has 0 aliphatic heterocycles. The van der Waals surface area contributed by atoms with Gasteiger partial charge in [0.05, 0.1) is 11.1 Å². The van der Waals surface area contributed by atoms with Gasteiger partial charge in [-0.25, -0.2) is 0 Å². The Morgan fingerprint density at radius 1 is 1.47 bits per heavy atom. The second-order valence-corrected chi connectivity index (χ2v) is 5.50. The van der Waals surface area contributed by atoms with Crippen molar-refractivity contribution in [2.24, 2.45) is 0 Å². The third kappa shape index (κ3) is 3.18. The van der Waals surface area contributed by atoms with Crippen LogP contribution in [0.3, 0.4) is 0 Å². The Kier molecular flexibility index (Phi) is 4.03. The summed E-state index contributed by atoms with van der Waals surface area (Å²) in [5.41, 5.74) is 0. The maximum atomic E-state index is 9.77. The van der Waals surface area contributed by atoms with E-state index in [1.807, 2.05) is 11.4 Å². The zero-order valence-electron chi connectivity index (χ0n) is 8.58. The van der Waals surface area contributed by atoms with Crippen molar-refractivity contribution in [1.82, 2.24) is 5.32 Å². The third-order valence-corrected chi connectivity index (χ3v) is 4.17. The lowest BCUT2D eigenvalue weighted by molar-refractivity contribution is 0.0904. The number of hydrogen-bond acceptors (Lipinski definition) is 3. The van der Waals surface area contributed by atoms with Crippen molar-refractivity contribution >= 4 is 22.9 Å². The Hall–Kier alpha value is -0.0900. The Balaban J connectivity index is 1.81. The normalized spacial score (nSPS) is 26.8. The van der Waals surface area contributed by atoms with Gasteiger partial charge in [0.25, 0.3) is 0 Å². The molecular weight excluding hydrogens is 230 g/mol. The van der Waals surface area contributed by atoms with Gasteiger partial charge in [-0.05, 0) is 18.9 Å². The summed E-state index contributed by atoms with van der Waals surface area (Å²) in [6.45, 7) is 0.819. The van der Waals surface area contributed by atoms with Crippen LogP contribution in [0.1, 0.15) is 30.6 Å². The first-order valence-corrected chi connectivity index (χ1v) is 6.66. The summed E-state index contributed by atoms with van der Waals surface area (Å²) in [7, 11) is 0. The van der Waals surface area contributed by atoms with Crippen molar-refractivity contribution in [2.75, 3.05) is 0 Å². The minimum absolute atomic E-state index is 0.172. The highest BCUT2D eigenvalue weighted by molar-refractivity contribution is 7.10. The predicted octanol–water partition coefficient (Wildman–Crippen LogP) is 2.79. The van der Waals surface area contributed by atoms with Crippen LogP contribution in [0.4, 0.5) is 0 Å². The molecule has 0 aromatic carbocycles. The molecule has 15 heavy (non-hydrogen) atoms. The van der Waals surface area contributed by atoms with E-state index in [-0.39, 0.29) is 12.1 Å². The molecule has 1 fully saturated rings. The molecule has 1 saturated carbocycles. The highest BCUT2D eigenvalue weighted by Gasteiger charge is 2.22. The number of thiophene rings is 1. The minimum atomic E-state index is -0.172. The molecule has 0 bridgehead atoms. The first kappa shape index (κ1) is 11.4. The maximum Gasteiger partial charge on any atom is 0.0693 e. The smallest absolute Gasteiger partial charge is 0.0693 e. The number of aliphatic hydroxyl groups excluding tert-OH is 1. The van der Waals surface area contributed by atoms with Crippen LogP contribution in [0.2, 0.25) is 5.02 Å². The zero-order valence-corrected chi connectivity index (χ0v) is 10.2. The van der Waals surface area contributed by atoms with Gasteiger partial charge in [-0.2, -0.15) is 0 Å². The van der Waals surface area contributed by atoms with E-state index in [9.17, 15) is 5.11 Å². The molecule has 1 aliphatic carbocycles. The van der Waals surface area contributed by atoms with Crippen molar-refractivity contribution in [3.05, 3.63) is 21.3 Å². The van der Waals surface area contributed by atoms with E-state index in [1.165, 1.54) is 11.3 Å². The number of rotatable bonds is 3.